The number of nitrogens with one attached hydrogen (secondary N) is 1. The van der Waals surface area contributed by atoms with E-state index in [1.54, 1.807) is 41.5 Å². The zero-order valence-electron chi connectivity index (χ0n) is 14.2. The number of carbonyl (C=O) groups excluding carboxylic acids is 2. The van der Waals surface area contributed by atoms with Crippen molar-refractivity contribution >= 4 is 18.2 Å². The molecule has 0 bridgehead atoms. The number of amides is 2. The molecule has 0 aromatic carbocycles. The van der Waals surface area contributed by atoms with Crippen LogP contribution in [0.5, 0.6) is 0 Å². The topological polar surface area (TPSA) is 105 Å². The van der Waals surface area contributed by atoms with E-state index in [0.29, 0.717) is 0 Å². The van der Waals surface area contributed by atoms with Gasteiger partial charge in [-0.3, -0.25) is 0 Å². The molecule has 1 unspecified atom stereocenters. The fourth-order valence-electron chi connectivity index (χ4n) is 1.32. The van der Waals surface area contributed by atoms with E-state index in [1.807, 2.05) is 0 Å². The average Bonchev–Trinajstić information content (AvgIpc) is 2.22. The zero-order chi connectivity index (χ0) is 17.7. The van der Waals surface area contributed by atoms with Gasteiger partial charge in [0.05, 0.1) is 6.54 Å². The lowest BCUT2D eigenvalue weighted by Gasteiger charge is -2.27. The second-order valence-corrected chi connectivity index (χ2v) is 6.90. The van der Waals surface area contributed by atoms with Crippen molar-refractivity contribution in [3.05, 3.63) is 0 Å². The Kier molecular flexibility index (Phi) is 6.66. The molecule has 0 radical (unpaired) electrons. The lowest BCUT2D eigenvalue weighted by Crippen LogP contribution is -2.50. The Hall–Kier alpha value is -1.99. The first-order chi connectivity index (χ1) is 9.71. The summed E-state index contributed by atoms with van der Waals surface area (Å²) in [6.45, 7) is 9.84. The molecule has 8 nitrogen and oxygen atoms in total. The van der Waals surface area contributed by atoms with Crippen LogP contribution >= 0.6 is 0 Å². The summed E-state index contributed by atoms with van der Waals surface area (Å²) in [5.74, 6) is -1.28. The molecule has 0 heterocycles. The van der Waals surface area contributed by atoms with Gasteiger partial charge in [-0.25, -0.2) is 14.4 Å². The quantitative estimate of drug-likeness (QED) is 0.819. The summed E-state index contributed by atoms with van der Waals surface area (Å²) < 4.78 is 10.1. The number of alkyl carbamates (subject to hydrolysis) is 1. The van der Waals surface area contributed by atoms with Crippen molar-refractivity contribution < 1.29 is 29.0 Å². The summed E-state index contributed by atoms with van der Waals surface area (Å²) in [7, 11) is 1.39. The van der Waals surface area contributed by atoms with Gasteiger partial charge < -0.3 is 24.8 Å². The lowest BCUT2D eigenvalue weighted by molar-refractivity contribution is -0.139. The molecule has 0 fully saturated rings. The van der Waals surface area contributed by atoms with Gasteiger partial charge in [0.15, 0.2) is 0 Å². The molecule has 0 aromatic rings. The molecule has 8 heteroatoms. The van der Waals surface area contributed by atoms with Crippen molar-refractivity contribution in [1.82, 2.24) is 10.2 Å². The molecule has 0 saturated carbocycles. The predicted octanol–water partition coefficient (Wildman–Crippen LogP) is 1.83. The van der Waals surface area contributed by atoms with Crippen molar-refractivity contribution in [2.24, 2.45) is 0 Å². The van der Waals surface area contributed by atoms with Crippen LogP contribution in [0.4, 0.5) is 9.59 Å². The van der Waals surface area contributed by atoms with Gasteiger partial charge in [0.2, 0.25) is 0 Å². The van der Waals surface area contributed by atoms with E-state index in [9.17, 15) is 14.4 Å². The number of likely N-dealkylation sites (N-methyl/N-ethyl adjacent to an activating group) is 1. The highest BCUT2D eigenvalue weighted by Gasteiger charge is 2.28. The van der Waals surface area contributed by atoms with Gasteiger partial charge in [0.1, 0.15) is 17.2 Å². The van der Waals surface area contributed by atoms with Crippen LogP contribution in [0.2, 0.25) is 0 Å². The van der Waals surface area contributed by atoms with Crippen molar-refractivity contribution in [2.75, 3.05) is 13.6 Å². The molecule has 2 N–H and O–H groups in total. The number of carboxylic acids is 1. The van der Waals surface area contributed by atoms with Crippen LogP contribution in [0.25, 0.3) is 0 Å². The second-order valence-electron chi connectivity index (χ2n) is 6.90. The van der Waals surface area contributed by atoms with Crippen LogP contribution in [0.3, 0.4) is 0 Å². The van der Waals surface area contributed by atoms with Crippen molar-refractivity contribution in [3.8, 4) is 0 Å². The Morgan fingerprint density at radius 1 is 1.05 bits per heavy atom. The first-order valence-electron chi connectivity index (χ1n) is 6.88. The van der Waals surface area contributed by atoms with Crippen LogP contribution < -0.4 is 5.32 Å². The minimum absolute atomic E-state index is 0.247. The van der Waals surface area contributed by atoms with Crippen molar-refractivity contribution in [1.29, 1.82) is 0 Å². The number of hydrogen-bond acceptors (Lipinski definition) is 5. The molecule has 0 spiro atoms. The Balaban J connectivity index is 4.69. The number of nitrogens with zero attached hydrogens (tertiary/aromatic N) is 1. The molecule has 0 saturated heterocycles. The average molecular weight is 318 g/mol. The number of rotatable bonds is 4. The predicted molar refractivity (Wildman–Crippen MR) is 79.7 cm³/mol. The SMILES string of the molecule is CN(CC(NC(=O)OC(C)(C)C)C(=O)O)C(=O)OC(C)(C)C. The van der Waals surface area contributed by atoms with Crippen LogP contribution in [0.1, 0.15) is 41.5 Å². The minimum atomic E-state index is -1.30. The molecule has 0 rings (SSSR count). The summed E-state index contributed by atoms with van der Waals surface area (Å²) in [4.78, 5) is 35.7. The zero-order valence-corrected chi connectivity index (χ0v) is 14.2. The van der Waals surface area contributed by atoms with E-state index in [1.165, 1.54) is 7.05 Å². The Bertz CT molecular complexity index is 422. The first kappa shape index (κ1) is 20.0. The van der Waals surface area contributed by atoms with Crippen molar-refractivity contribution in [2.45, 2.75) is 58.8 Å². The smallest absolute Gasteiger partial charge is 0.410 e. The molecule has 128 valence electrons. The maximum absolute atomic E-state index is 11.8. The van der Waals surface area contributed by atoms with E-state index in [-0.39, 0.29) is 6.54 Å². The van der Waals surface area contributed by atoms with E-state index in [0.717, 1.165) is 4.90 Å². The van der Waals surface area contributed by atoms with Crippen LogP contribution in [-0.2, 0) is 14.3 Å². The molecule has 0 aliphatic carbocycles. The number of ether oxygens (including phenoxy) is 2. The third-order valence-electron chi connectivity index (χ3n) is 2.15. The third-order valence-corrected chi connectivity index (χ3v) is 2.15. The number of aliphatic carboxylic acids is 1. The largest absolute Gasteiger partial charge is 0.480 e. The van der Waals surface area contributed by atoms with Gasteiger partial charge in [-0.15, -0.1) is 0 Å². The van der Waals surface area contributed by atoms with Gasteiger partial charge in [-0.1, -0.05) is 0 Å². The highest BCUT2D eigenvalue weighted by Crippen LogP contribution is 2.10. The van der Waals surface area contributed by atoms with E-state index < -0.39 is 35.4 Å². The molecule has 1 atom stereocenters. The molecule has 22 heavy (non-hydrogen) atoms. The van der Waals surface area contributed by atoms with Gasteiger partial charge in [0.25, 0.3) is 0 Å². The standard InChI is InChI=1S/C14H26N2O6/c1-13(2,3)21-11(19)15-9(10(17)18)8-16(7)12(20)22-14(4,5)6/h9H,8H2,1-7H3,(H,15,19)(H,17,18). The minimum Gasteiger partial charge on any atom is -0.480 e. The van der Waals surface area contributed by atoms with E-state index in [4.69, 9.17) is 14.6 Å². The van der Waals surface area contributed by atoms with Crippen LogP contribution in [-0.4, -0.2) is 59.0 Å². The Morgan fingerprint density at radius 3 is 1.86 bits per heavy atom. The second kappa shape index (κ2) is 7.33. The fraction of sp³-hybridized carbons (Fsp3) is 0.786. The number of carbonyl (C=O) groups is 3. The number of hydrogen-bond donors (Lipinski definition) is 2. The highest BCUT2D eigenvalue weighted by atomic mass is 16.6. The van der Waals surface area contributed by atoms with Gasteiger partial charge >= 0.3 is 18.2 Å². The maximum Gasteiger partial charge on any atom is 0.410 e. The molecular weight excluding hydrogens is 292 g/mol. The number of carboxylic acid groups (broad SMARTS) is 1. The summed E-state index contributed by atoms with van der Waals surface area (Å²) in [5.41, 5.74) is -1.44. The first-order valence-corrected chi connectivity index (χ1v) is 6.88. The van der Waals surface area contributed by atoms with Crippen molar-refractivity contribution in [3.63, 3.8) is 0 Å². The van der Waals surface area contributed by atoms with Gasteiger partial charge in [-0.2, -0.15) is 0 Å². The fourth-order valence-corrected chi connectivity index (χ4v) is 1.32. The monoisotopic (exact) mass is 318 g/mol. The molecule has 0 aliphatic heterocycles. The van der Waals surface area contributed by atoms with Gasteiger partial charge in [-0.05, 0) is 41.5 Å². The van der Waals surface area contributed by atoms with E-state index in [2.05, 4.69) is 5.32 Å². The van der Waals surface area contributed by atoms with Crippen LogP contribution in [0.15, 0.2) is 0 Å². The molecule has 2 amide bonds. The van der Waals surface area contributed by atoms with E-state index >= 15 is 0 Å². The summed E-state index contributed by atoms with van der Waals surface area (Å²) in [5, 5.41) is 11.3. The Morgan fingerprint density at radius 2 is 1.50 bits per heavy atom. The third kappa shape index (κ3) is 9.04. The normalized spacial score (nSPS) is 13.0. The molecule has 0 aromatic heterocycles. The summed E-state index contributed by atoms with van der Waals surface area (Å²) >= 11 is 0. The highest BCUT2D eigenvalue weighted by molar-refractivity contribution is 5.81. The molecular formula is C14H26N2O6. The summed E-state index contributed by atoms with van der Waals surface area (Å²) in [6.07, 6.45) is -1.54. The Labute approximate surface area is 130 Å². The lowest BCUT2D eigenvalue weighted by atomic mass is 10.2. The van der Waals surface area contributed by atoms with Crippen LogP contribution in [0, 0.1) is 0 Å². The maximum atomic E-state index is 11.8. The molecule has 0 aliphatic rings. The summed E-state index contributed by atoms with van der Waals surface area (Å²) in [6, 6.07) is -1.30. The van der Waals surface area contributed by atoms with Gasteiger partial charge in [0, 0.05) is 7.05 Å².